The number of aliphatic carboxylic acids is 1. The molecule has 3 N–H and O–H groups in total. The summed E-state index contributed by atoms with van der Waals surface area (Å²) in [5.41, 5.74) is 0. The quantitative estimate of drug-likeness (QED) is 0.0228. The molecule has 0 radical (unpaired) electrons. The minimum absolute atomic E-state index is 0.0646. The van der Waals surface area contributed by atoms with Gasteiger partial charge in [0.1, 0.15) is 18.8 Å². The van der Waals surface area contributed by atoms with Crippen molar-refractivity contribution in [3.05, 3.63) is 36.5 Å². The zero-order valence-electron chi connectivity index (χ0n) is 49.5. The van der Waals surface area contributed by atoms with Crippen molar-refractivity contribution in [2.45, 2.75) is 340 Å². The fraction of sp³-hybridized carbons (Fsp3) is 0.846. The predicted octanol–water partition coefficient (Wildman–Crippen LogP) is 16.8. The number of carboxylic acids is 1. The average Bonchev–Trinajstić information content (AvgIpc) is 3.41. The van der Waals surface area contributed by atoms with Crippen LogP contribution in [0.2, 0.25) is 0 Å². The van der Waals surface area contributed by atoms with E-state index in [0.717, 1.165) is 96.3 Å². The van der Waals surface area contributed by atoms with E-state index in [1.54, 1.807) is 0 Å². The lowest BCUT2D eigenvalue weighted by molar-refractivity contribution is -0.301. The second kappa shape index (κ2) is 53.6. The molecular weight excluding hydrogens is 973 g/mol. The van der Waals surface area contributed by atoms with Crippen LogP contribution in [0.4, 0.5) is 0 Å². The van der Waals surface area contributed by atoms with Gasteiger partial charge in [0.25, 0.3) is 0 Å². The Hall–Kier alpha value is -3.06. The standard InChI is InChI=1S/C65H116O12/c1-4-7-10-13-16-19-22-24-26-28-29-31-33-35-38-41-44-47-50-53-59(68)76-63-61(70)60(69)62(64(71)72)77-65(63)74-55-56(75-58(67)52-49-46-43-40-36-21-18-15-12-9-6-3)54-73-57(66)51-48-45-42-39-37-34-32-30-27-25-23-20-17-14-11-8-5-2/h15,17-18,20,25,27,56,60-63,65,69-70H,4-14,16,19,21-24,26,28-55H2,1-3H3,(H,71,72)/b18-15-,20-17-,27-25-. The van der Waals surface area contributed by atoms with E-state index < -0.39 is 67.3 Å². The first-order valence-electron chi connectivity index (χ1n) is 32.0. The number of unbranched alkanes of at least 4 members (excludes halogenated alkanes) is 35. The number of carbonyl (C=O) groups is 4. The normalized spacial score (nSPS) is 18.2. The molecule has 1 rings (SSSR count). The van der Waals surface area contributed by atoms with Gasteiger partial charge in [-0.2, -0.15) is 0 Å². The van der Waals surface area contributed by atoms with Crippen LogP contribution in [-0.4, -0.2) is 89.2 Å². The Morgan fingerprint density at radius 1 is 0.429 bits per heavy atom. The third-order valence-electron chi connectivity index (χ3n) is 14.7. The number of carboxylic acid groups (broad SMARTS) is 1. The van der Waals surface area contributed by atoms with Crippen LogP contribution in [0.3, 0.4) is 0 Å². The summed E-state index contributed by atoms with van der Waals surface area (Å²) in [4.78, 5) is 51.2. The van der Waals surface area contributed by atoms with Gasteiger partial charge in [0.2, 0.25) is 0 Å². The van der Waals surface area contributed by atoms with Crippen LogP contribution in [0, 0.1) is 0 Å². The smallest absolute Gasteiger partial charge is 0.335 e. The summed E-state index contributed by atoms with van der Waals surface area (Å²) < 4.78 is 28.5. The number of hydrogen-bond donors (Lipinski definition) is 3. The first kappa shape index (κ1) is 72.0. The van der Waals surface area contributed by atoms with E-state index in [1.165, 1.54) is 148 Å². The second-order valence-corrected chi connectivity index (χ2v) is 22.0. The number of carbonyl (C=O) groups excluding carboxylic acids is 3. The van der Waals surface area contributed by atoms with Gasteiger partial charge in [-0.1, -0.05) is 250 Å². The van der Waals surface area contributed by atoms with Gasteiger partial charge >= 0.3 is 23.9 Å². The second-order valence-electron chi connectivity index (χ2n) is 22.0. The van der Waals surface area contributed by atoms with Crippen LogP contribution in [-0.2, 0) is 42.9 Å². The summed E-state index contributed by atoms with van der Waals surface area (Å²) in [6.07, 6.45) is 51.1. The van der Waals surface area contributed by atoms with Crippen molar-refractivity contribution >= 4 is 23.9 Å². The highest BCUT2D eigenvalue weighted by Crippen LogP contribution is 2.27. The van der Waals surface area contributed by atoms with Gasteiger partial charge in [0.05, 0.1) is 6.61 Å². The third-order valence-corrected chi connectivity index (χ3v) is 14.7. The Bertz CT molecular complexity index is 1480. The molecule has 0 spiro atoms. The first-order valence-corrected chi connectivity index (χ1v) is 32.0. The van der Waals surface area contributed by atoms with E-state index in [-0.39, 0.29) is 25.9 Å². The van der Waals surface area contributed by atoms with E-state index in [9.17, 15) is 34.5 Å². The lowest BCUT2D eigenvalue weighted by Crippen LogP contribution is -2.61. The molecule has 12 nitrogen and oxygen atoms in total. The fourth-order valence-corrected chi connectivity index (χ4v) is 9.73. The maximum Gasteiger partial charge on any atom is 0.335 e. The van der Waals surface area contributed by atoms with E-state index in [4.69, 9.17) is 23.7 Å². The number of aliphatic hydroxyl groups is 2. The number of aliphatic hydroxyl groups excluding tert-OH is 2. The molecule has 77 heavy (non-hydrogen) atoms. The zero-order valence-corrected chi connectivity index (χ0v) is 49.5. The van der Waals surface area contributed by atoms with Gasteiger partial charge in [-0.3, -0.25) is 14.4 Å². The molecule has 1 aliphatic heterocycles. The Labute approximate surface area is 470 Å². The number of hydrogen-bond acceptors (Lipinski definition) is 11. The summed E-state index contributed by atoms with van der Waals surface area (Å²) in [6, 6.07) is 0. The van der Waals surface area contributed by atoms with Crippen molar-refractivity contribution in [2.24, 2.45) is 0 Å². The number of rotatable bonds is 55. The molecule has 1 heterocycles. The minimum Gasteiger partial charge on any atom is -0.479 e. The summed E-state index contributed by atoms with van der Waals surface area (Å²) in [5, 5.41) is 31.5. The Kier molecular flexibility index (Phi) is 50.1. The van der Waals surface area contributed by atoms with Crippen LogP contribution in [0.15, 0.2) is 36.5 Å². The number of allylic oxidation sites excluding steroid dienone is 6. The Morgan fingerprint density at radius 3 is 1.25 bits per heavy atom. The van der Waals surface area contributed by atoms with Crippen LogP contribution >= 0.6 is 0 Å². The van der Waals surface area contributed by atoms with Crippen LogP contribution < -0.4 is 0 Å². The van der Waals surface area contributed by atoms with Crippen molar-refractivity contribution in [1.29, 1.82) is 0 Å². The molecule has 0 saturated carbocycles. The van der Waals surface area contributed by atoms with Crippen LogP contribution in [0.25, 0.3) is 0 Å². The molecule has 0 bridgehead atoms. The number of ether oxygens (including phenoxy) is 5. The van der Waals surface area contributed by atoms with Crippen molar-refractivity contribution < 1.29 is 58.2 Å². The largest absolute Gasteiger partial charge is 0.479 e. The lowest BCUT2D eigenvalue weighted by atomic mass is 9.98. The van der Waals surface area contributed by atoms with Gasteiger partial charge < -0.3 is 39.0 Å². The molecule has 0 amide bonds. The van der Waals surface area contributed by atoms with Crippen molar-refractivity contribution in [3.63, 3.8) is 0 Å². The molecule has 0 aromatic heterocycles. The van der Waals surface area contributed by atoms with Crippen molar-refractivity contribution in [2.75, 3.05) is 13.2 Å². The average molecular weight is 1090 g/mol. The molecule has 6 unspecified atom stereocenters. The van der Waals surface area contributed by atoms with Gasteiger partial charge in [-0.25, -0.2) is 4.79 Å². The molecule has 1 fully saturated rings. The van der Waals surface area contributed by atoms with Crippen LogP contribution in [0.5, 0.6) is 0 Å². The molecular formula is C65H116O12. The SMILES string of the molecule is CCCC/C=C\CCCCCCCC(=O)OC(COC(=O)CCCCCCCCC/C=C\C/C=C\CCCCC)COC1OC(C(=O)O)C(O)C(O)C1OC(=O)CCCCCCCCCCCCCCCCCCCCC. The van der Waals surface area contributed by atoms with Gasteiger partial charge in [-0.15, -0.1) is 0 Å². The highest BCUT2D eigenvalue weighted by Gasteiger charge is 2.50. The molecule has 6 atom stereocenters. The Balaban J connectivity index is 2.61. The predicted molar refractivity (Wildman–Crippen MR) is 313 cm³/mol. The molecule has 0 aromatic carbocycles. The topological polar surface area (TPSA) is 175 Å². The lowest BCUT2D eigenvalue weighted by Gasteiger charge is -2.40. The summed E-state index contributed by atoms with van der Waals surface area (Å²) in [6.45, 7) is 5.95. The zero-order chi connectivity index (χ0) is 56.1. The minimum atomic E-state index is -1.90. The van der Waals surface area contributed by atoms with Gasteiger partial charge in [0.15, 0.2) is 24.6 Å². The summed E-state index contributed by atoms with van der Waals surface area (Å²) in [5.74, 6) is -3.11. The molecule has 12 heteroatoms. The van der Waals surface area contributed by atoms with E-state index >= 15 is 0 Å². The van der Waals surface area contributed by atoms with Crippen molar-refractivity contribution in [3.8, 4) is 0 Å². The van der Waals surface area contributed by atoms with E-state index in [2.05, 4.69) is 57.2 Å². The number of esters is 3. The van der Waals surface area contributed by atoms with E-state index in [1.807, 2.05) is 0 Å². The molecule has 448 valence electrons. The molecule has 0 aromatic rings. The van der Waals surface area contributed by atoms with Gasteiger partial charge in [-0.05, 0) is 70.6 Å². The maximum absolute atomic E-state index is 13.1. The highest BCUT2D eigenvalue weighted by atomic mass is 16.7. The van der Waals surface area contributed by atoms with Gasteiger partial charge in [0, 0.05) is 19.3 Å². The first-order chi connectivity index (χ1) is 37.6. The van der Waals surface area contributed by atoms with Crippen LogP contribution in [0.1, 0.15) is 303 Å². The van der Waals surface area contributed by atoms with E-state index in [0.29, 0.717) is 19.3 Å². The molecule has 0 aliphatic carbocycles. The monoisotopic (exact) mass is 1090 g/mol. The summed E-state index contributed by atoms with van der Waals surface area (Å²) >= 11 is 0. The molecule has 1 saturated heterocycles. The highest BCUT2D eigenvalue weighted by molar-refractivity contribution is 5.74. The van der Waals surface area contributed by atoms with Crippen molar-refractivity contribution in [1.82, 2.24) is 0 Å². The Morgan fingerprint density at radius 2 is 0.792 bits per heavy atom. The molecule has 1 aliphatic rings. The third kappa shape index (κ3) is 43.4. The maximum atomic E-state index is 13.1. The fourth-order valence-electron chi connectivity index (χ4n) is 9.73. The summed E-state index contributed by atoms with van der Waals surface area (Å²) in [7, 11) is 0.